The van der Waals surface area contributed by atoms with Gasteiger partial charge in [0.1, 0.15) is 0 Å². The van der Waals surface area contributed by atoms with Crippen molar-refractivity contribution in [2.24, 2.45) is 16.5 Å². The van der Waals surface area contributed by atoms with Gasteiger partial charge in [-0.15, -0.1) is 0 Å². The number of sulfonamides is 1. The third-order valence-electron chi connectivity index (χ3n) is 3.33. The van der Waals surface area contributed by atoms with Crippen molar-refractivity contribution in [1.82, 2.24) is 0 Å². The number of hydrogen-bond donors (Lipinski definition) is 1. The Morgan fingerprint density at radius 2 is 1.92 bits per heavy atom. The molecule has 0 bridgehead atoms. The van der Waals surface area contributed by atoms with Crippen molar-refractivity contribution >= 4 is 10.0 Å². The van der Waals surface area contributed by atoms with Crippen molar-refractivity contribution in [2.45, 2.75) is 25.2 Å². The molecule has 2 rings (SSSR count). The Morgan fingerprint density at radius 1 is 1.38 bits per heavy atom. The summed E-state index contributed by atoms with van der Waals surface area (Å²) in [6, 6.07) is 0. The van der Waals surface area contributed by atoms with Gasteiger partial charge in [-0.1, -0.05) is 6.42 Å². The van der Waals surface area contributed by atoms with E-state index in [4.69, 9.17) is 5.14 Å². The minimum Gasteiger partial charge on any atom is -0.229 e. The van der Waals surface area contributed by atoms with Crippen molar-refractivity contribution in [3.05, 3.63) is 0 Å². The average molecular weight is 211 g/mol. The van der Waals surface area contributed by atoms with E-state index in [-0.39, 0.29) is 0 Å². The van der Waals surface area contributed by atoms with Gasteiger partial charge in [0.05, 0.1) is 5.75 Å². The van der Waals surface area contributed by atoms with Crippen molar-refractivity contribution in [3.63, 3.8) is 0 Å². The zero-order chi connectivity index (χ0) is 9.91. The van der Waals surface area contributed by atoms with Crippen LogP contribution in [0.25, 0.3) is 0 Å². The SMILES string of the molecule is NS(=O)(=O)CC1C(F)(F)C12CCC2. The highest BCUT2D eigenvalue weighted by Crippen LogP contribution is 2.75. The number of primary sulfonamides is 1. The molecule has 13 heavy (non-hydrogen) atoms. The van der Waals surface area contributed by atoms with Crippen LogP contribution in [0.2, 0.25) is 0 Å². The molecule has 1 atom stereocenters. The second kappa shape index (κ2) is 2.23. The zero-order valence-electron chi connectivity index (χ0n) is 6.96. The van der Waals surface area contributed by atoms with Gasteiger partial charge in [0.15, 0.2) is 0 Å². The number of nitrogens with two attached hydrogens (primary N) is 1. The normalized spacial score (nSPS) is 34.2. The fraction of sp³-hybridized carbons (Fsp3) is 1.00. The largest absolute Gasteiger partial charge is 0.258 e. The molecular formula is C7H11F2NO2S. The van der Waals surface area contributed by atoms with Crippen molar-refractivity contribution in [2.75, 3.05) is 5.75 Å². The summed E-state index contributed by atoms with van der Waals surface area (Å²) in [6.45, 7) is 0. The fourth-order valence-corrected chi connectivity index (χ4v) is 3.32. The Hall–Kier alpha value is -0.230. The first-order valence-electron chi connectivity index (χ1n) is 4.18. The molecule has 0 radical (unpaired) electrons. The Bertz CT molecular complexity index is 334. The molecule has 0 aromatic carbocycles. The first-order chi connectivity index (χ1) is 5.80. The Balaban J connectivity index is 2.12. The molecule has 2 aliphatic rings. The number of halogens is 2. The molecule has 6 heteroatoms. The van der Waals surface area contributed by atoms with Crippen LogP contribution in [0.4, 0.5) is 8.78 Å². The van der Waals surface area contributed by atoms with Crippen LogP contribution in [-0.4, -0.2) is 20.1 Å². The summed E-state index contributed by atoms with van der Waals surface area (Å²) in [5, 5.41) is 4.74. The molecule has 0 heterocycles. The van der Waals surface area contributed by atoms with Gasteiger partial charge in [-0.25, -0.2) is 22.3 Å². The highest BCUT2D eigenvalue weighted by molar-refractivity contribution is 7.89. The third-order valence-corrected chi connectivity index (χ3v) is 4.13. The highest BCUT2D eigenvalue weighted by atomic mass is 32.2. The summed E-state index contributed by atoms with van der Waals surface area (Å²) >= 11 is 0. The smallest absolute Gasteiger partial charge is 0.229 e. The monoisotopic (exact) mass is 211 g/mol. The van der Waals surface area contributed by atoms with E-state index in [2.05, 4.69) is 0 Å². The van der Waals surface area contributed by atoms with Crippen LogP contribution in [0.5, 0.6) is 0 Å². The topological polar surface area (TPSA) is 60.2 Å². The summed E-state index contributed by atoms with van der Waals surface area (Å²) in [4.78, 5) is 0. The molecule has 0 amide bonds. The predicted octanol–water partition coefficient (Wildman–Crippen LogP) is 0.710. The van der Waals surface area contributed by atoms with Crippen LogP contribution < -0.4 is 5.14 Å². The van der Waals surface area contributed by atoms with Gasteiger partial charge < -0.3 is 0 Å². The Kier molecular flexibility index (Phi) is 1.60. The van der Waals surface area contributed by atoms with Gasteiger partial charge in [0.2, 0.25) is 10.0 Å². The van der Waals surface area contributed by atoms with Crippen molar-refractivity contribution < 1.29 is 17.2 Å². The van der Waals surface area contributed by atoms with Gasteiger partial charge >= 0.3 is 0 Å². The van der Waals surface area contributed by atoms with Crippen LogP contribution in [0.3, 0.4) is 0 Å². The van der Waals surface area contributed by atoms with E-state index < -0.39 is 33.0 Å². The maximum Gasteiger partial charge on any atom is 0.258 e. The Labute approximate surface area is 75.3 Å². The number of hydrogen-bond acceptors (Lipinski definition) is 2. The molecule has 3 nitrogen and oxygen atoms in total. The van der Waals surface area contributed by atoms with Crippen LogP contribution in [0.15, 0.2) is 0 Å². The van der Waals surface area contributed by atoms with E-state index in [1.165, 1.54) is 0 Å². The predicted molar refractivity (Wildman–Crippen MR) is 42.7 cm³/mol. The second-order valence-corrected chi connectivity index (χ2v) is 5.67. The molecule has 2 aliphatic carbocycles. The number of rotatable bonds is 2. The van der Waals surface area contributed by atoms with Gasteiger partial charge in [-0.2, -0.15) is 0 Å². The second-order valence-electron chi connectivity index (χ2n) is 4.01. The van der Waals surface area contributed by atoms with Crippen molar-refractivity contribution in [3.8, 4) is 0 Å². The molecule has 2 N–H and O–H groups in total. The standard InChI is InChI=1S/C7H11F2NO2S/c8-7(9)5(4-13(10,11)12)6(7)2-1-3-6/h5H,1-4H2,(H2,10,11,12). The molecule has 76 valence electrons. The maximum absolute atomic E-state index is 13.1. The summed E-state index contributed by atoms with van der Waals surface area (Å²) in [5.74, 6) is -4.39. The minimum atomic E-state index is -3.76. The molecule has 2 fully saturated rings. The molecule has 0 saturated heterocycles. The lowest BCUT2D eigenvalue weighted by Crippen LogP contribution is -2.23. The van der Waals surface area contributed by atoms with Gasteiger partial charge in [0, 0.05) is 11.3 Å². The molecule has 2 saturated carbocycles. The molecule has 0 aliphatic heterocycles. The zero-order valence-corrected chi connectivity index (χ0v) is 7.78. The van der Waals surface area contributed by atoms with Crippen LogP contribution in [0, 0.1) is 11.3 Å². The van der Waals surface area contributed by atoms with E-state index in [1.54, 1.807) is 0 Å². The third kappa shape index (κ3) is 1.11. The first kappa shape index (κ1) is 9.33. The molecule has 1 unspecified atom stereocenters. The molecule has 0 aromatic rings. The molecule has 1 spiro atoms. The lowest BCUT2D eigenvalue weighted by Gasteiger charge is -2.25. The van der Waals surface area contributed by atoms with E-state index in [0.29, 0.717) is 12.8 Å². The van der Waals surface area contributed by atoms with Crippen molar-refractivity contribution in [1.29, 1.82) is 0 Å². The molecule has 0 aromatic heterocycles. The maximum atomic E-state index is 13.1. The van der Waals surface area contributed by atoms with E-state index in [0.717, 1.165) is 6.42 Å². The first-order valence-corrected chi connectivity index (χ1v) is 5.89. The lowest BCUT2D eigenvalue weighted by molar-refractivity contribution is 0.0284. The minimum absolute atomic E-state index is 0.445. The lowest BCUT2D eigenvalue weighted by atomic mass is 9.79. The Morgan fingerprint density at radius 3 is 2.15 bits per heavy atom. The summed E-state index contributed by atoms with van der Waals surface area (Å²) in [7, 11) is -3.76. The van der Waals surface area contributed by atoms with Crippen LogP contribution in [-0.2, 0) is 10.0 Å². The number of alkyl halides is 2. The van der Waals surface area contributed by atoms with Crippen LogP contribution >= 0.6 is 0 Å². The fourth-order valence-electron chi connectivity index (χ4n) is 2.33. The van der Waals surface area contributed by atoms with E-state index in [1.807, 2.05) is 0 Å². The quantitative estimate of drug-likeness (QED) is 0.731. The van der Waals surface area contributed by atoms with Gasteiger partial charge in [-0.05, 0) is 12.8 Å². The van der Waals surface area contributed by atoms with E-state index in [9.17, 15) is 17.2 Å². The summed E-state index contributed by atoms with van der Waals surface area (Å²) in [6.07, 6.45) is 1.66. The van der Waals surface area contributed by atoms with Gasteiger partial charge in [-0.3, -0.25) is 0 Å². The average Bonchev–Trinajstić information content (AvgIpc) is 2.23. The van der Waals surface area contributed by atoms with Gasteiger partial charge in [0.25, 0.3) is 5.92 Å². The van der Waals surface area contributed by atoms with E-state index >= 15 is 0 Å². The highest BCUT2D eigenvalue weighted by Gasteiger charge is 2.82. The van der Waals surface area contributed by atoms with Crippen LogP contribution in [0.1, 0.15) is 19.3 Å². The summed E-state index contributed by atoms with van der Waals surface area (Å²) < 4.78 is 47.5. The molecular weight excluding hydrogens is 200 g/mol. The summed E-state index contributed by atoms with van der Waals surface area (Å²) in [5.41, 5.74) is -1.00.